The Kier molecular flexibility index (Phi) is 7.24. The van der Waals surface area contributed by atoms with Gasteiger partial charge in [-0.2, -0.15) is 4.98 Å². The topological polar surface area (TPSA) is 80.9 Å². The standard InChI is InChI=1S/C25H30N4O4/c1-4-31-21-12-11-20(17-22(21)32-5-2)25(30)29-15-13-28(14-16-29)18(3)24-26-23(27-33-24)19-9-7-6-8-10-19/h6-12,17-18H,4-5,13-16H2,1-3H3. The summed E-state index contributed by atoms with van der Waals surface area (Å²) in [5.74, 6) is 2.43. The van der Waals surface area contributed by atoms with E-state index in [4.69, 9.17) is 14.0 Å². The quantitative estimate of drug-likeness (QED) is 0.512. The van der Waals surface area contributed by atoms with Crippen LogP contribution in [0.5, 0.6) is 11.5 Å². The summed E-state index contributed by atoms with van der Waals surface area (Å²) in [7, 11) is 0. The highest BCUT2D eigenvalue weighted by Gasteiger charge is 2.28. The summed E-state index contributed by atoms with van der Waals surface area (Å²) in [6, 6.07) is 15.1. The van der Waals surface area contributed by atoms with Crippen molar-refractivity contribution in [2.45, 2.75) is 26.8 Å². The molecule has 1 atom stereocenters. The Morgan fingerprint density at radius 2 is 1.70 bits per heavy atom. The number of carbonyl (C=O) groups is 1. The minimum atomic E-state index is -0.0257. The van der Waals surface area contributed by atoms with Gasteiger partial charge in [-0.1, -0.05) is 35.5 Å². The summed E-state index contributed by atoms with van der Waals surface area (Å²) in [6.07, 6.45) is 0. The Bertz CT molecular complexity index is 1060. The number of hydrogen-bond donors (Lipinski definition) is 0. The molecule has 1 amide bonds. The van der Waals surface area contributed by atoms with Crippen LogP contribution in [0.2, 0.25) is 0 Å². The van der Waals surface area contributed by atoms with Gasteiger partial charge in [0.25, 0.3) is 5.91 Å². The molecule has 1 fully saturated rings. The van der Waals surface area contributed by atoms with Crippen LogP contribution in [0.4, 0.5) is 0 Å². The highest BCUT2D eigenvalue weighted by molar-refractivity contribution is 5.95. The number of benzene rings is 2. The van der Waals surface area contributed by atoms with Crippen LogP contribution in [0.1, 0.15) is 43.1 Å². The smallest absolute Gasteiger partial charge is 0.254 e. The number of nitrogens with zero attached hydrogens (tertiary/aromatic N) is 4. The average molecular weight is 451 g/mol. The molecule has 1 aliphatic rings. The molecule has 174 valence electrons. The highest BCUT2D eigenvalue weighted by Crippen LogP contribution is 2.29. The van der Waals surface area contributed by atoms with Gasteiger partial charge in [-0.15, -0.1) is 0 Å². The third kappa shape index (κ3) is 5.17. The van der Waals surface area contributed by atoms with Crippen LogP contribution < -0.4 is 9.47 Å². The minimum absolute atomic E-state index is 0.00420. The molecule has 0 bridgehead atoms. The molecule has 1 aromatic heterocycles. The SMILES string of the molecule is CCOc1ccc(C(=O)N2CCN(C(C)c3nc(-c4ccccc4)no3)CC2)cc1OCC. The summed E-state index contributed by atoms with van der Waals surface area (Å²) in [5.41, 5.74) is 1.53. The van der Waals surface area contributed by atoms with Crippen molar-refractivity contribution in [2.75, 3.05) is 39.4 Å². The number of piperazine rings is 1. The predicted molar refractivity (Wildman–Crippen MR) is 124 cm³/mol. The second-order valence-electron chi connectivity index (χ2n) is 7.85. The van der Waals surface area contributed by atoms with E-state index in [0.717, 1.165) is 18.7 Å². The molecule has 0 aliphatic carbocycles. The number of aromatic nitrogens is 2. The maximum absolute atomic E-state index is 13.1. The molecule has 8 heteroatoms. The van der Waals surface area contributed by atoms with E-state index in [1.54, 1.807) is 18.2 Å². The van der Waals surface area contributed by atoms with Gasteiger partial charge in [0.15, 0.2) is 11.5 Å². The van der Waals surface area contributed by atoms with Crippen LogP contribution in [0.15, 0.2) is 53.1 Å². The van der Waals surface area contributed by atoms with E-state index in [1.807, 2.05) is 49.1 Å². The largest absolute Gasteiger partial charge is 0.490 e. The highest BCUT2D eigenvalue weighted by atomic mass is 16.5. The van der Waals surface area contributed by atoms with Gasteiger partial charge in [-0.05, 0) is 39.0 Å². The molecule has 0 N–H and O–H groups in total. The van der Waals surface area contributed by atoms with Gasteiger partial charge >= 0.3 is 0 Å². The summed E-state index contributed by atoms with van der Waals surface area (Å²) < 4.78 is 16.8. The van der Waals surface area contributed by atoms with Crippen LogP contribution >= 0.6 is 0 Å². The number of ether oxygens (including phenoxy) is 2. The third-order valence-corrected chi connectivity index (χ3v) is 5.77. The lowest BCUT2D eigenvalue weighted by Crippen LogP contribution is -2.49. The average Bonchev–Trinajstić information content (AvgIpc) is 3.36. The fourth-order valence-electron chi connectivity index (χ4n) is 3.94. The molecule has 0 spiro atoms. The fraction of sp³-hybridized carbons (Fsp3) is 0.400. The Hall–Kier alpha value is -3.39. The van der Waals surface area contributed by atoms with E-state index in [2.05, 4.69) is 22.0 Å². The predicted octanol–water partition coefficient (Wildman–Crippen LogP) is 4.05. The number of carbonyl (C=O) groups excluding carboxylic acids is 1. The minimum Gasteiger partial charge on any atom is -0.490 e. The first-order chi connectivity index (χ1) is 16.1. The molecule has 4 rings (SSSR count). The Balaban J connectivity index is 1.38. The van der Waals surface area contributed by atoms with E-state index >= 15 is 0 Å². The molecule has 8 nitrogen and oxygen atoms in total. The Morgan fingerprint density at radius 1 is 1.00 bits per heavy atom. The van der Waals surface area contributed by atoms with Crippen molar-refractivity contribution in [1.29, 1.82) is 0 Å². The van der Waals surface area contributed by atoms with Crippen molar-refractivity contribution in [3.05, 3.63) is 60.0 Å². The second-order valence-corrected chi connectivity index (χ2v) is 7.85. The first-order valence-electron chi connectivity index (χ1n) is 11.4. The molecule has 1 unspecified atom stereocenters. The van der Waals surface area contributed by atoms with Crippen molar-refractivity contribution in [3.8, 4) is 22.9 Å². The molecule has 0 saturated carbocycles. The lowest BCUT2D eigenvalue weighted by molar-refractivity contribution is 0.0551. The van der Waals surface area contributed by atoms with Crippen molar-refractivity contribution < 1.29 is 18.8 Å². The summed E-state index contributed by atoms with van der Waals surface area (Å²) in [5, 5.41) is 4.13. The molecule has 2 heterocycles. The Labute approximate surface area is 194 Å². The number of rotatable bonds is 8. The van der Waals surface area contributed by atoms with Gasteiger partial charge in [0, 0.05) is 37.3 Å². The first-order valence-corrected chi connectivity index (χ1v) is 11.4. The van der Waals surface area contributed by atoms with E-state index < -0.39 is 0 Å². The molecule has 33 heavy (non-hydrogen) atoms. The second kappa shape index (κ2) is 10.5. The maximum Gasteiger partial charge on any atom is 0.254 e. The number of amides is 1. The van der Waals surface area contributed by atoms with Crippen molar-refractivity contribution in [1.82, 2.24) is 19.9 Å². The molecular formula is C25H30N4O4. The Morgan fingerprint density at radius 3 is 2.39 bits per heavy atom. The van der Waals surface area contributed by atoms with Crippen LogP contribution in [-0.4, -0.2) is 65.2 Å². The lowest BCUT2D eigenvalue weighted by atomic mass is 10.1. The molecule has 1 saturated heterocycles. The van der Waals surface area contributed by atoms with E-state index in [1.165, 1.54) is 0 Å². The van der Waals surface area contributed by atoms with Crippen molar-refractivity contribution in [2.24, 2.45) is 0 Å². The molecule has 1 aliphatic heterocycles. The summed E-state index contributed by atoms with van der Waals surface area (Å²) in [4.78, 5) is 21.8. The van der Waals surface area contributed by atoms with Gasteiger partial charge in [-0.3, -0.25) is 9.69 Å². The van der Waals surface area contributed by atoms with Gasteiger partial charge in [0.1, 0.15) is 0 Å². The van der Waals surface area contributed by atoms with E-state index in [-0.39, 0.29) is 11.9 Å². The zero-order valence-electron chi connectivity index (χ0n) is 19.4. The lowest BCUT2D eigenvalue weighted by Gasteiger charge is -2.36. The van der Waals surface area contributed by atoms with Crippen LogP contribution in [-0.2, 0) is 0 Å². The monoisotopic (exact) mass is 450 g/mol. The molecular weight excluding hydrogens is 420 g/mol. The fourth-order valence-corrected chi connectivity index (χ4v) is 3.94. The molecule has 2 aromatic carbocycles. The van der Waals surface area contributed by atoms with E-state index in [0.29, 0.717) is 55.1 Å². The van der Waals surface area contributed by atoms with Crippen LogP contribution in [0.25, 0.3) is 11.4 Å². The first kappa shape index (κ1) is 22.8. The normalized spacial score (nSPS) is 15.3. The summed E-state index contributed by atoms with van der Waals surface area (Å²) >= 11 is 0. The van der Waals surface area contributed by atoms with Crippen LogP contribution in [0, 0.1) is 0 Å². The van der Waals surface area contributed by atoms with Crippen molar-refractivity contribution >= 4 is 5.91 Å². The van der Waals surface area contributed by atoms with Gasteiger partial charge < -0.3 is 18.9 Å². The van der Waals surface area contributed by atoms with Gasteiger partial charge in [0.05, 0.1) is 19.3 Å². The maximum atomic E-state index is 13.1. The van der Waals surface area contributed by atoms with Crippen LogP contribution in [0.3, 0.4) is 0 Å². The van der Waals surface area contributed by atoms with Gasteiger partial charge in [-0.25, -0.2) is 0 Å². The summed E-state index contributed by atoms with van der Waals surface area (Å²) in [6.45, 7) is 9.65. The molecule has 3 aromatic rings. The number of hydrogen-bond acceptors (Lipinski definition) is 7. The third-order valence-electron chi connectivity index (χ3n) is 5.77. The van der Waals surface area contributed by atoms with Gasteiger partial charge in [0.2, 0.25) is 11.7 Å². The molecule has 0 radical (unpaired) electrons. The zero-order chi connectivity index (χ0) is 23.2. The van der Waals surface area contributed by atoms with E-state index in [9.17, 15) is 4.79 Å². The van der Waals surface area contributed by atoms with Crippen molar-refractivity contribution in [3.63, 3.8) is 0 Å². The zero-order valence-corrected chi connectivity index (χ0v) is 19.4.